The second-order valence-corrected chi connectivity index (χ2v) is 11.3. The van der Waals surface area contributed by atoms with E-state index in [1.54, 1.807) is 35.2 Å². The molecule has 0 N–H and O–H groups in total. The second kappa shape index (κ2) is 12.3. The SMILES string of the molecule is C.Clc1cn(-c2csc(N3CCCCC3)n2)cn1.c1ccc2c(c1)ncn2-c1csc(N2CCCCC2)n1. The molecule has 0 amide bonds. The average molecular weight is 569 g/mol. The molecule has 2 aliphatic heterocycles. The van der Waals surface area contributed by atoms with Gasteiger partial charge in [-0.1, -0.05) is 31.2 Å². The fraction of sp³-hybridized carbons (Fsp3) is 0.407. The van der Waals surface area contributed by atoms with E-state index in [-0.39, 0.29) is 7.43 Å². The Labute approximate surface area is 236 Å². The maximum Gasteiger partial charge on any atom is 0.187 e. The third kappa shape index (κ3) is 5.87. The van der Waals surface area contributed by atoms with Crippen LogP contribution in [-0.4, -0.2) is 55.2 Å². The standard InChI is InChI=1S/C15H16N4S.C11H13ClN4S.CH4/c1-4-8-18(9-5-1)15-17-14(10-20-15)19-11-16-12-6-2-3-7-13(12)19;12-9-6-16(8-13-9)10-7-17-11(14-10)15-4-2-1-3-5-15;/h2-3,6-7,10-11H,1,4-5,8-9H2;6-8H,1-5H2;1H4. The monoisotopic (exact) mass is 568 g/mol. The third-order valence-electron chi connectivity index (χ3n) is 6.73. The number of thiazole rings is 2. The molecule has 1 aromatic carbocycles. The molecule has 5 aromatic rings. The van der Waals surface area contributed by atoms with Gasteiger partial charge in [-0.2, -0.15) is 0 Å². The van der Waals surface area contributed by atoms with Crippen LogP contribution in [0.4, 0.5) is 10.3 Å². The summed E-state index contributed by atoms with van der Waals surface area (Å²) in [5.74, 6) is 1.87. The van der Waals surface area contributed by atoms with E-state index in [0.717, 1.165) is 59.1 Å². The molecule has 11 heteroatoms. The van der Waals surface area contributed by atoms with Crippen molar-refractivity contribution in [3.05, 3.63) is 59.0 Å². The summed E-state index contributed by atoms with van der Waals surface area (Å²) in [7, 11) is 0. The molecule has 38 heavy (non-hydrogen) atoms. The molecule has 2 fully saturated rings. The molecule has 200 valence electrons. The lowest BCUT2D eigenvalue weighted by molar-refractivity contribution is 0.576. The van der Waals surface area contributed by atoms with Crippen LogP contribution >= 0.6 is 34.3 Å². The molecule has 0 saturated carbocycles. The zero-order valence-corrected chi connectivity index (χ0v) is 22.9. The normalized spacial score (nSPS) is 15.7. The first-order valence-corrected chi connectivity index (χ1v) is 14.9. The van der Waals surface area contributed by atoms with Crippen LogP contribution in [0.3, 0.4) is 0 Å². The predicted octanol–water partition coefficient (Wildman–Crippen LogP) is 7.08. The van der Waals surface area contributed by atoms with E-state index >= 15 is 0 Å². The van der Waals surface area contributed by atoms with Crippen LogP contribution in [0.2, 0.25) is 5.15 Å². The number of rotatable bonds is 4. The molecule has 0 bridgehead atoms. The number of nitrogens with zero attached hydrogens (tertiary/aromatic N) is 8. The highest BCUT2D eigenvalue weighted by Crippen LogP contribution is 2.28. The fourth-order valence-electron chi connectivity index (χ4n) is 4.77. The largest absolute Gasteiger partial charge is 0.348 e. The zero-order valence-electron chi connectivity index (χ0n) is 20.5. The van der Waals surface area contributed by atoms with Gasteiger partial charge in [0, 0.05) is 43.1 Å². The van der Waals surface area contributed by atoms with Gasteiger partial charge in [-0.05, 0) is 50.7 Å². The van der Waals surface area contributed by atoms with Crippen molar-refractivity contribution in [2.24, 2.45) is 0 Å². The number of anilines is 2. The van der Waals surface area contributed by atoms with Crippen molar-refractivity contribution in [3.8, 4) is 11.6 Å². The maximum atomic E-state index is 5.80. The number of halogens is 1. The molecule has 0 radical (unpaired) electrons. The van der Waals surface area contributed by atoms with Crippen molar-refractivity contribution in [1.29, 1.82) is 0 Å². The summed E-state index contributed by atoms with van der Waals surface area (Å²) in [6.07, 6.45) is 13.1. The van der Waals surface area contributed by atoms with Gasteiger partial charge in [0.05, 0.1) is 11.0 Å². The highest BCUT2D eigenvalue weighted by molar-refractivity contribution is 7.14. The molecule has 2 saturated heterocycles. The van der Waals surface area contributed by atoms with E-state index in [1.807, 2.05) is 34.5 Å². The van der Waals surface area contributed by atoms with Crippen molar-refractivity contribution in [1.82, 2.24) is 29.1 Å². The lowest BCUT2D eigenvalue weighted by Gasteiger charge is -2.25. The van der Waals surface area contributed by atoms with Crippen LogP contribution in [0.5, 0.6) is 0 Å². The molecule has 4 aromatic heterocycles. The summed E-state index contributed by atoms with van der Waals surface area (Å²) in [5, 5.41) is 6.90. The summed E-state index contributed by atoms with van der Waals surface area (Å²) >= 11 is 9.21. The summed E-state index contributed by atoms with van der Waals surface area (Å²) in [5.41, 5.74) is 2.13. The Morgan fingerprint density at radius 1 is 0.711 bits per heavy atom. The van der Waals surface area contributed by atoms with Crippen molar-refractivity contribution in [2.75, 3.05) is 36.0 Å². The lowest BCUT2D eigenvalue weighted by Crippen LogP contribution is -2.29. The quantitative estimate of drug-likeness (QED) is 0.231. The fourth-order valence-corrected chi connectivity index (χ4v) is 6.64. The number of hydrogen-bond acceptors (Lipinski definition) is 8. The average Bonchev–Trinajstić information content (AvgIpc) is 3.76. The first-order chi connectivity index (χ1) is 18.2. The van der Waals surface area contributed by atoms with Crippen LogP contribution in [0.15, 0.2) is 53.9 Å². The zero-order chi connectivity index (χ0) is 25.0. The maximum absolute atomic E-state index is 5.80. The van der Waals surface area contributed by atoms with Crippen LogP contribution in [-0.2, 0) is 0 Å². The molecule has 0 unspecified atom stereocenters. The number of imidazole rings is 2. The number of hydrogen-bond donors (Lipinski definition) is 0. The van der Waals surface area contributed by atoms with Crippen molar-refractivity contribution in [3.63, 3.8) is 0 Å². The van der Waals surface area contributed by atoms with E-state index in [2.05, 4.69) is 40.8 Å². The van der Waals surface area contributed by atoms with E-state index < -0.39 is 0 Å². The Morgan fingerprint density at radius 3 is 1.95 bits per heavy atom. The second-order valence-electron chi connectivity index (χ2n) is 9.28. The van der Waals surface area contributed by atoms with E-state index in [1.165, 1.54) is 38.5 Å². The Kier molecular flexibility index (Phi) is 8.61. The van der Waals surface area contributed by atoms with Gasteiger partial charge >= 0.3 is 0 Å². The Hall–Kier alpha value is -2.95. The minimum atomic E-state index is 0. The Bertz CT molecular complexity index is 1440. The molecule has 2 aliphatic rings. The lowest BCUT2D eigenvalue weighted by atomic mass is 10.1. The van der Waals surface area contributed by atoms with Crippen molar-refractivity contribution < 1.29 is 0 Å². The van der Waals surface area contributed by atoms with Crippen LogP contribution in [0.25, 0.3) is 22.7 Å². The van der Waals surface area contributed by atoms with Gasteiger partial charge in [-0.25, -0.2) is 19.9 Å². The Balaban J connectivity index is 0.000000153. The molecule has 8 nitrogen and oxygen atoms in total. The summed E-state index contributed by atoms with van der Waals surface area (Å²) in [4.78, 5) is 22.6. The predicted molar refractivity (Wildman–Crippen MR) is 160 cm³/mol. The first-order valence-electron chi connectivity index (χ1n) is 12.8. The van der Waals surface area contributed by atoms with Gasteiger partial charge in [0.15, 0.2) is 21.9 Å². The van der Waals surface area contributed by atoms with E-state index in [9.17, 15) is 0 Å². The van der Waals surface area contributed by atoms with Crippen LogP contribution in [0.1, 0.15) is 46.0 Å². The van der Waals surface area contributed by atoms with E-state index in [0.29, 0.717) is 5.15 Å². The Morgan fingerprint density at radius 2 is 1.32 bits per heavy atom. The number of para-hydroxylation sites is 2. The minimum Gasteiger partial charge on any atom is -0.348 e. The number of benzene rings is 1. The molecular formula is C27H33ClN8S2. The third-order valence-corrected chi connectivity index (χ3v) is 8.70. The van der Waals surface area contributed by atoms with Crippen molar-refractivity contribution >= 4 is 55.6 Å². The van der Waals surface area contributed by atoms with Gasteiger partial charge in [0.25, 0.3) is 0 Å². The number of piperidine rings is 2. The van der Waals surface area contributed by atoms with Gasteiger partial charge in [0.2, 0.25) is 0 Å². The smallest absolute Gasteiger partial charge is 0.187 e. The number of aromatic nitrogens is 6. The molecule has 6 heterocycles. The van der Waals surface area contributed by atoms with Gasteiger partial charge in [-0.3, -0.25) is 9.13 Å². The number of fused-ring (bicyclic) bond motifs is 1. The van der Waals surface area contributed by atoms with Crippen molar-refractivity contribution in [2.45, 2.75) is 46.0 Å². The summed E-state index contributed by atoms with van der Waals surface area (Å²) < 4.78 is 3.92. The van der Waals surface area contributed by atoms with Gasteiger partial charge in [-0.15, -0.1) is 22.7 Å². The highest BCUT2D eigenvalue weighted by atomic mass is 35.5. The first kappa shape index (κ1) is 26.6. The minimum absolute atomic E-state index is 0. The topological polar surface area (TPSA) is 67.9 Å². The summed E-state index contributed by atoms with van der Waals surface area (Å²) in [6.45, 7) is 4.52. The molecule has 0 aliphatic carbocycles. The molecule has 7 rings (SSSR count). The van der Waals surface area contributed by atoms with Crippen LogP contribution in [0, 0.1) is 0 Å². The van der Waals surface area contributed by atoms with Gasteiger partial charge in [0.1, 0.15) is 17.8 Å². The van der Waals surface area contributed by atoms with Gasteiger partial charge < -0.3 is 9.80 Å². The molecular weight excluding hydrogens is 536 g/mol. The van der Waals surface area contributed by atoms with E-state index in [4.69, 9.17) is 16.6 Å². The summed E-state index contributed by atoms with van der Waals surface area (Å²) in [6, 6.07) is 8.17. The molecule has 0 atom stereocenters. The highest BCUT2D eigenvalue weighted by Gasteiger charge is 2.16. The van der Waals surface area contributed by atoms with Crippen LogP contribution < -0.4 is 9.80 Å². The molecule has 0 spiro atoms.